The largest absolute Gasteiger partial charge is 1.00 e. The molecule has 16 heavy (non-hydrogen) atoms. The summed E-state index contributed by atoms with van der Waals surface area (Å²) in [4.78, 5) is 41.7. The van der Waals surface area contributed by atoms with Crippen LogP contribution in [0.15, 0.2) is 0 Å². The van der Waals surface area contributed by atoms with E-state index in [-0.39, 0.29) is 118 Å². The van der Waals surface area contributed by atoms with Gasteiger partial charge in [0.2, 0.25) is 0 Å². The first-order valence-electron chi connectivity index (χ1n) is 2.76. The predicted molar refractivity (Wildman–Crippen MR) is 32.7 cm³/mol. The Bertz CT molecular complexity index is 230. The van der Waals surface area contributed by atoms with E-state index in [0.29, 0.717) is 4.90 Å². The second-order valence-electron chi connectivity index (χ2n) is 2.39. The Morgan fingerprint density at radius 3 is 1.00 bits per heavy atom. The van der Waals surface area contributed by atoms with E-state index in [0.717, 1.165) is 14.1 Å². The third-order valence-electron chi connectivity index (χ3n) is 1.03. The van der Waals surface area contributed by atoms with Crippen molar-refractivity contribution in [1.29, 1.82) is 0 Å². The zero-order valence-corrected chi connectivity index (χ0v) is 20.2. The second-order valence-corrected chi connectivity index (χ2v) is 5.93. The fraction of sp³-hybridized carbons (Fsp3) is 1.00. The van der Waals surface area contributed by atoms with Crippen molar-refractivity contribution in [1.82, 2.24) is 4.90 Å². The summed E-state index contributed by atoms with van der Waals surface area (Å²) in [6.07, 6.45) is 0. The summed E-state index contributed by atoms with van der Waals surface area (Å²) in [5.74, 6) is 0. The molecule has 0 radical (unpaired) electrons. The van der Waals surface area contributed by atoms with Crippen molar-refractivity contribution in [3.63, 3.8) is 0 Å². The second kappa shape index (κ2) is 13.0. The van der Waals surface area contributed by atoms with Crippen LogP contribution in [-0.2, 0) is 9.13 Å². The van der Waals surface area contributed by atoms with Crippen LogP contribution in [0.1, 0.15) is 0 Å². The summed E-state index contributed by atoms with van der Waals surface area (Å²) < 4.78 is 20.6. The fourth-order valence-corrected chi connectivity index (χ4v) is 3.26. The molecule has 0 aliphatic carbocycles. The van der Waals surface area contributed by atoms with Crippen molar-refractivity contribution >= 4 is 15.2 Å². The van der Waals surface area contributed by atoms with Crippen LogP contribution in [0.25, 0.3) is 0 Å². The van der Waals surface area contributed by atoms with Crippen LogP contribution in [0.4, 0.5) is 0 Å². The van der Waals surface area contributed by atoms with Gasteiger partial charge in [0.1, 0.15) is 0 Å². The van der Waals surface area contributed by atoms with Crippen LogP contribution < -0.4 is 138 Å². The molecular formula is C3H7NNa4O6P2. The van der Waals surface area contributed by atoms with Gasteiger partial charge in [0.15, 0.2) is 0 Å². The van der Waals surface area contributed by atoms with Gasteiger partial charge in [-0.3, -0.25) is 4.90 Å². The van der Waals surface area contributed by atoms with Gasteiger partial charge >= 0.3 is 118 Å². The minimum atomic E-state index is -5.42. The summed E-state index contributed by atoms with van der Waals surface area (Å²) in [6, 6.07) is 0. The zero-order valence-electron chi connectivity index (χ0n) is 10.4. The van der Waals surface area contributed by atoms with Gasteiger partial charge < -0.3 is 28.7 Å². The van der Waals surface area contributed by atoms with Crippen molar-refractivity contribution in [3.05, 3.63) is 0 Å². The quantitative estimate of drug-likeness (QED) is 0.374. The molecule has 0 aliphatic heterocycles. The molecule has 0 bridgehead atoms. The van der Waals surface area contributed by atoms with E-state index in [2.05, 4.69) is 0 Å². The van der Waals surface area contributed by atoms with Gasteiger partial charge in [0, 0.05) is 0 Å². The third kappa shape index (κ3) is 13.3. The number of hydrogen-bond donors (Lipinski definition) is 0. The summed E-state index contributed by atoms with van der Waals surface area (Å²) in [5, 5.41) is 0. The number of hydrogen-bond acceptors (Lipinski definition) is 7. The van der Waals surface area contributed by atoms with Crippen LogP contribution in [-0.4, -0.2) is 24.5 Å². The minimum Gasteiger partial charge on any atom is -0.809 e. The van der Waals surface area contributed by atoms with E-state index in [1.165, 1.54) is 0 Å². The Balaban J connectivity index is -0.000000101. The Kier molecular flexibility index (Phi) is 26.1. The van der Waals surface area contributed by atoms with Crippen molar-refractivity contribution < 1.29 is 147 Å². The van der Waals surface area contributed by atoms with E-state index >= 15 is 0 Å². The maximum absolute atomic E-state index is 10.3. The molecule has 7 nitrogen and oxygen atoms in total. The van der Waals surface area contributed by atoms with Crippen LogP contribution in [0.5, 0.6) is 0 Å². The van der Waals surface area contributed by atoms with Gasteiger partial charge in [0.25, 0.3) is 0 Å². The molecule has 0 rings (SSSR count). The topological polar surface area (TPSA) is 130 Å². The molecule has 0 aromatic carbocycles. The molecule has 0 fully saturated rings. The Morgan fingerprint density at radius 1 is 0.812 bits per heavy atom. The Morgan fingerprint density at radius 2 is 1.00 bits per heavy atom. The normalized spacial score (nSPS) is 10.8. The van der Waals surface area contributed by atoms with Gasteiger partial charge in [-0.1, -0.05) is 0 Å². The molecule has 0 saturated heterocycles. The van der Waals surface area contributed by atoms with Crippen LogP contribution >= 0.6 is 15.2 Å². The molecular weight excluding hydrogens is 300 g/mol. The summed E-state index contributed by atoms with van der Waals surface area (Å²) >= 11 is 0. The first-order valence-corrected chi connectivity index (χ1v) is 5.99. The molecule has 0 aromatic heterocycles. The molecule has 0 aromatic rings. The van der Waals surface area contributed by atoms with E-state index in [1.54, 1.807) is 0 Å². The summed E-state index contributed by atoms with van der Waals surface area (Å²) in [7, 11) is -8.78. The molecule has 0 heterocycles. The van der Waals surface area contributed by atoms with Gasteiger partial charge in [-0.15, -0.1) is 0 Å². The average molecular weight is 307 g/mol. The van der Waals surface area contributed by atoms with Crippen molar-refractivity contribution in [3.8, 4) is 0 Å². The summed E-state index contributed by atoms with van der Waals surface area (Å²) in [5.41, 5.74) is -2.50. The molecule has 0 saturated carbocycles. The maximum atomic E-state index is 10.3. The van der Waals surface area contributed by atoms with E-state index in [1.807, 2.05) is 0 Å². The van der Waals surface area contributed by atoms with Crippen molar-refractivity contribution in [2.24, 2.45) is 0 Å². The molecule has 0 unspecified atom stereocenters. The third-order valence-corrected chi connectivity index (χ3v) is 4.78. The van der Waals surface area contributed by atoms with Gasteiger partial charge in [-0.05, 0) is 29.3 Å². The van der Waals surface area contributed by atoms with Crippen LogP contribution in [0.2, 0.25) is 0 Å². The van der Waals surface area contributed by atoms with Crippen molar-refractivity contribution in [2.75, 3.05) is 14.1 Å². The Hall–Kier alpha value is 4.26. The minimum absolute atomic E-state index is 0. The first-order chi connectivity index (χ1) is 5.07. The van der Waals surface area contributed by atoms with Crippen LogP contribution in [0, 0.1) is 0 Å². The average Bonchev–Trinajstić information content (AvgIpc) is 1.49. The molecule has 0 spiro atoms. The smallest absolute Gasteiger partial charge is 0.809 e. The van der Waals surface area contributed by atoms with Gasteiger partial charge in [-0.2, -0.15) is 0 Å². The standard InChI is InChI=1S/C3H11NO6P2.4Na/c1-4(2)3(11(5,6)7)12(8,9)10;;;;/h3H,1-2H3,(H2,5,6,7)(H2,8,9,10);;;;/q;4*+1/p-4. The molecule has 13 heteroatoms. The monoisotopic (exact) mass is 307 g/mol. The molecule has 0 N–H and O–H groups in total. The molecule has 0 atom stereocenters. The van der Waals surface area contributed by atoms with E-state index in [4.69, 9.17) is 0 Å². The number of nitrogens with zero attached hydrogens (tertiary/aromatic N) is 1. The Labute approximate surface area is 183 Å². The molecule has 0 amide bonds. The van der Waals surface area contributed by atoms with E-state index in [9.17, 15) is 28.7 Å². The maximum Gasteiger partial charge on any atom is 1.00 e. The predicted octanol–water partition coefficient (Wildman–Crippen LogP) is -15.3. The van der Waals surface area contributed by atoms with Crippen LogP contribution in [0.3, 0.4) is 0 Å². The van der Waals surface area contributed by atoms with Gasteiger partial charge in [-0.25, -0.2) is 0 Å². The molecule has 0 aliphatic rings. The van der Waals surface area contributed by atoms with Gasteiger partial charge in [0.05, 0.1) is 5.52 Å². The van der Waals surface area contributed by atoms with E-state index < -0.39 is 20.7 Å². The molecule has 74 valence electrons. The first kappa shape index (κ1) is 32.3. The van der Waals surface area contributed by atoms with Crippen molar-refractivity contribution in [2.45, 2.75) is 5.52 Å². The zero-order chi connectivity index (χ0) is 10.2. The number of rotatable bonds is 3. The fourth-order valence-electron chi connectivity index (χ4n) is 0.739. The SMILES string of the molecule is CN(C)C(P(=O)([O-])[O-])P(=O)([O-])[O-].[Na+].[Na+].[Na+].[Na+]. The summed E-state index contributed by atoms with van der Waals surface area (Å²) in [6.45, 7) is 0.